The molecule has 8 rings (SSSR count). The highest BCUT2D eigenvalue weighted by molar-refractivity contribution is 7.96. The number of pyridine rings is 1. The third kappa shape index (κ3) is 12.8. The number of carboxylic acids is 1. The van der Waals surface area contributed by atoms with E-state index in [9.17, 15) is 24.3 Å². The van der Waals surface area contributed by atoms with Crippen molar-refractivity contribution in [1.29, 1.82) is 0 Å². The molecule has 0 saturated carbocycles. The summed E-state index contributed by atoms with van der Waals surface area (Å²) in [6.45, 7) is 10.4. The zero-order valence-corrected chi connectivity index (χ0v) is 43.5. The van der Waals surface area contributed by atoms with E-state index in [0.717, 1.165) is 127 Å². The SMILES string of the molecule is C=CCCC(C=O)N(C)c1ccc(C2CCN(c3nc4cc(CSN5CCC(Nc6cccc(-c7sc(C(=O)O)c(OCC=O)c7Cl)c6)CC5(C)C)cnc4o3)CC2)c2cccc(C=O)c12.CNC.CO. The van der Waals surface area contributed by atoms with Gasteiger partial charge < -0.3 is 44.6 Å². The van der Waals surface area contributed by atoms with Gasteiger partial charge in [-0.2, -0.15) is 4.98 Å². The zero-order chi connectivity index (χ0) is 51.2. The van der Waals surface area contributed by atoms with Crippen LogP contribution in [-0.4, -0.2) is 121 Å². The van der Waals surface area contributed by atoms with Gasteiger partial charge in [0.05, 0.1) is 10.9 Å². The highest BCUT2D eigenvalue weighted by Gasteiger charge is 2.36. The van der Waals surface area contributed by atoms with Gasteiger partial charge in [0.1, 0.15) is 23.4 Å². The Kier molecular flexibility index (Phi) is 19.6. The number of aromatic nitrogens is 2. The molecule has 378 valence electrons. The molecule has 15 nitrogen and oxygen atoms in total. The van der Waals surface area contributed by atoms with Crippen molar-refractivity contribution in [1.82, 2.24) is 19.6 Å². The fourth-order valence-corrected chi connectivity index (χ4v) is 11.8. The minimum Gasteiger partial charge on any atom is -0.483 e. The van der Waals surface area contributed by atoms with E-state index in [1.165, 1.54) is 5.56 Å². The molecule has 2 aliphatic rings. The van der Waals surface area contributed by atoms with E-state index in [1.54, 1.807) is 11.9 Å². The minimum absolute atomic E-state index is 0.0104. The lowest BCUT2D eigenvalue weighted by molar-refractivity contribution is -0.110. The number of allylic oxidation sites excluding steroid dienone is 1. The molecule has 2 atom stereocenters. The van der Waals surface area contributed by atoms with Gasteiger partial charge in [-0.25, -0.2) is 14.1 Å². The van der Waals surface area contributed by atoms with Gasteiger partial charge in [-0.1, -0.05) is 66.0 Å². The van der Waals surface area contributed by atoms with Crippen molar-refractivity contribution in [2.75, 3.05) is 69.6 Å². The average molecular weight is 1030 g/mol. The zero-order valence-electron chi connectivity index (χ0n) is 41.2. The molecule has 0 aliphatic carbocycles. The maximum atomic E-state index is 12.3. The van der Waals surface area contributed by atoms with Gasteiger partial charge in [-0.3, -0.25) is 9.59 Å². The van der Waals surface area contributed by atoms with Gasteiger partial charge in [0.25, 0.3) is 6.01 Å². The number of nitrogens with one attached hydrogen (secondary N) is 2. The van der Waals surface area contributed by atoms with E-state index < -0.39 is 5.97 Å². The highest BCUT2D eigenvalue weighted by Crippen LogP contribution is 2.46. The second kappa shape index (κ2) is 25.5. The van der Waals surface area contributed by atoms with Gasteiger partial charge in [0.2, 0.25) is 5.71 Å². The molecule has 5 heterocycles. The molecule has 0 amide bonds. The van der Waals surface area contributed by atoms with Crippen LogP contribution in [0.4, 0.5) is 17.4 Å². The van der Waals surface area contributed by atoms with Crippen molar-refractivity contribution in [3.63, 3.8) is 0 Å². The van der Waals surface area contributed by atoms with E-state index in [4.69, 9.17) is 30.8 Å². The van der Waals surface area contributed by atoms with E-state index >= 15 is 0 Å². The highest BCUT2D eigenvalue weighted by atomic mass is 35.5. The van der Waals surface area contributed by atoms with Crippen LogP contribution in [0.5, 0.6) is 5.75 Å². The maximum absolute atomic E-state index is 12.3. The summed E-state index contributed by atoms with van der Waals surface area (Å²) in [5.74, 6) is -0.148. The molecule has 3 aromatic heterocycles. The van der Waals surface area contributed by atoms with Crippen LogP contribution in [-0.2, 0) is 15.3 Å². The van der Waals surface area contributed by atoms with E-state index in [0.29, 0.717) is 34.9 Å². The average Bonchev–Trinajstić information content (AvgIpc) is 3.96. The molecule has 0 spiro atoms. The summed E-state index contributed by atoms with van der Waals surface area (Å²) in [4.78, 5) is 61.5. The molecule has 2 aliphatic heterocycles. The lowest BCUT2D eigenvalue weighted by Crippen LogP contribution is -2.49. The Hall–Kier alpha value is -5.82. The van der Waals surface area contributed by atoms with Crippen molar-refractivity contribution >= 4 is 99.1 Å². The largest absolute Gasteiger partial charge is 0.483 e. The van der Waals surface area contributed by atoms with E-state index in [1.807, 2.05) is 74.7 Å². The summed E-state index contributed by atoms with van der Waals surface area (Å²) < 4.78 is 14.1. The summed E-state index contributed by atoms with van der Waals surface area (Å²) in [5, 5.41) is 25.3. The van der Waals surface area contributed by atoms with Crippen LogP contribution < -0.4 is 25.2 Å². The number of hydrogen-bond donors (Lipinski definition) is 4. The van der Waals surface area contributed by atoms with Crippen LogP contribution >= 0.6 is 34.9 Å². The molecule has 18 heteroatoms. The number of halogens is 1. The first-order valence-corrected chi connectivity index (χ1v) is 25.7. The van der Waals surface area contributed by atoms with Crippen molar-refractivity contribution in [2.24, 2.45) is 0 Å². The Labute approximate surface area is 428 Å². The Morgan fingerprint density at radius 3 is 2.51 bits per heavy atom. The number of anilines is 3. The van der Waals surface area contributed by atoms with Crippen molar-refractivity contribution < 1.29 is 38.5 Å². The monoisotopic (exact) mass is 1030 g/mol. The fraction of sp³-hybridized carbons (Fsp3) is 0.396. The Bertz CT molecular complexity index is 2790. The normalized spacial score (nSPS) is 16.2. The molecule has 2 unspecified atom stereocenters. The number of hydrogen-bond acceptors (Lipinski definition) is 16. The third-order valence-electron chi connectivity index (χ3n) is 12.7. The number of aldehydes is 3. The second-order valence-electron chi connectivity index (χ2n) is 18.0. The number of ether oxygens (including phenoxy) is 1. The summed E-state index contributed by atoms with van der Waals surface area (Å²) in [6.07, 6.45) is 11.1. The van der Waals surface area contributed by atoms with Gasteiger partial charge in [-0.15, -0.1) is 17.9 Å². The molecule has 4 N–H and O–H groups in total. The third-order valence-corrected chi connectivity index (χ3v) is 15.8. The predicted octanol–water partition coefficient (Wildman–Crippen LogP) is 10.1. The van der Waals surface area contributed by atoms with Gasteiger partial charge in [0, 0.05) is 79.6 Å². The number of carboxylic acid groups (broad SMARTS) is 1. The lowest BCUT2D eigenvalue weighted by atomic mass is 9.85. The number of rotatable bonds is 19. The Morgan fingerprint density at radius 1 is 1.08 bits per heavy atom. The smallest absolute Gasteiger partial charge is 0.349 e. The fourth-order valence-electron chi connectivity index (χ4n) is 9.31. The lowest BCUT2D eigenvalue weighted by Gasteiger charge is -2.45. The number of aliphatic hydroxyl groups excluding tert-OH is 1. The first-order chi connectivity index (χ1) is 34.3. The molecule has 3 aromatic carbocycles. The van der Waals surface area contributed by atoms with Crippen molar-refractivity contribution in [3.05, 3.63) is 106 Å². The summed E-state index contributed by atoms with van der Waals surface area (Å²) in [6, 6.07) is 20.4. The first-order valence-electron chi connectivity index (χ1n) is 23.6. The number of thiophene rings is 1. The van der Waals surface area contributed by atoms with E-state index in [-0.39, 0.29) is 45.8 Å². The molecular weight excluding hydrogens is 962 g/mol. The van der Waals surface area contributed by atoms with Crippen LogP contribution in [0, 0.1) is 0 Å². The molecule has 0 radical (unpaired) electrons. The molecule has 2 saturated heterocycles. The number of oxazole rings is 1. The first kappa shape index (κ1) is 54.5. The number of aliphatic hydroxyl groups is 1. The van der Waals surface area contributed by atoms with Crippen LogP contribution in [0.3, 0.4) is 0 Å². The quantitative estimate of drug-likeness (QED) is 0.0340. The number of likely N-dealkylation sites (N-methyl/N-ethyl adjacent to an activating group) is 1. The molecule has 71 heavy (non-hydrogen) atoms. The Balaban J connectivity index is 0.00000159. The number of aromatic carboxylic acids is 1. The second-order valence-corrected chi connectivity index (χ2v) is 20.3. The molecular formula is C53H64ClN7O8S2. The van der Waals surface area contributed by atoms with E-state index in [2.05, 4.69) is 69.5 Å². The van der Waals surface area contributed by atoms with Gasteiger partial charge in [-0.05, 0) is 119 Å². The number of fused-ring (bicyclic) bond motifs is 2. The van der Waals surface area contributed by atoms with Crippen LogP contribution in [0.1, 0.15) is 89.4 Å². The van der Waals surface area contributed by atoms with Crippen molar-refractivity contribution in [2.45, 2.75) is 81.7 Å². The van der Waals surface area contributed by atoms with Crippen molar-refractivity contribution in [3.8, 4) is 16.2 Å². The number of benzene rings is 3. The molecule has 0 bridgehead atoms. The molecule has 6 aromatic rings. The number of piperidine rings is 2. The number of carbonyl (C=O) groups is 4. The van der Waals surface area contributed by atoms with Gasteiger partial charge >= 0.3 is 5.97 Å². The predicted molar refractivity (Wildman–Crippen MR) is 288 cm³/mol. The van der Waals surface area contributed by atoms with Crippen LogP contribution in [0.2, 0.25) is 5.02 Å². The van der Waals surface area contributed by atoms with Crippen LogP contribution in [0.15, 0.2) is 83.9 Å². The standard InChI is InChI=1S/C50H53ClN6O7S2.C2H7N.CH4O/c1-5-6-12-37(29-60)55(4)41-15-14-38(39-13-8-10-34(28-59)42(39)41)32-16-19-56(20-17-32)49-54-40-24-31(27-52-47(40)64-49)30-65-57-21-18-36(26-50(57,2)3)53-35-11-7-9-33(25-35)45-43(51)44(63-23-22-58)46(66-45)48(61)62;1-3-2;1-2/h5,7-11,13-15,22,24-25,27-29,32,36-37,53H,1,6,12,16-21,23,26,30H2,2-4H3,(H,61,62);3H,1-2H3;2H,1H3. The summed E-state index contributed by atoms with van der Waals surface area (Å²) in [7, 11) is 6.67. The summed E-state index contributed by atoms with van der Waals surface area (Å²) >= 11 is 9.41. The number of nitrogens with zero attached hydrogens (tertiary/aromatic N) is 5. The Morgan fingerprint density at radius 2 is 1.83 bits per heavy atom. The van der Waals surface area contributed by atoms with Crippen LogP contribution in [0.25, 0.3) is 32.4 Å². The summed E-state index contributed by atoms with van der Waals surface area (Å²) in [5.41, 5.74) is 6.55. The maximum Gasteiger partial charge on any atom is 0.349 e. The topological polar surface area (TPSA) is 191 Å². The number of carbonyl (C=O) groups excluding carboxylic acids is 3. The van der Waals surface area contributed by atoms with Gasteiger partial charge in [0.15, 0.2) is 23.2 Å². The minimum atomic E-state index is -1.16. The molecule has 2 fully saturated rings.